The number of aromatic nitrogens is 2. The minimum absolute atomic E-state index is 0.0965. The maximum Gasteiger partial charge on any atom is 0.0537 e. The molecule has 0 spiro atoms. The summed E-state index contributed by atoms with van der Waals surface area (Å²) in [4.78, 5) is 2.47. The molecule has 1 saturated heterocycles. The first-order valence-electron chi connectivity index (χ1n) is 5.65. The summed E-state index contributed by atoms with van der Waals surface area (Å²) < 4.78 is 1.81. The van der Waals surface area contributed by atoms with Crippen molar-refractivity contribution < 1.29 is 0 Å². The fourth-order valence-corrected chi connectivity index (χ4v) is 2.25. The van der Waals surface area contributed by atoms with Gasteiger partial charge >= 0.3 is 0 Å². The minimum Gasteiger partial charge on any atom is -0.323 e. The number of rotatable bonds is 3. The molecule has 0 saturated carbocycles. The molecular formula is C11H20N4. The Labute approximate surface area is 91.1 Å². The molecule has 1 aromatic rings. The standard InChI is InChI=1S/C11H20N4/c1-9-4-3-5-15(9)8-11(12)10-6-13-14(2)7-10/h6-7,9,11H,3-5,8,12H2,1-2H3. The predicted molar refractivity (Wildman–Crippen MR) is 60.4 cm³/mol. The Morgan fingerprint density at radius 1 is 1.67 bits per heavy atom. The third kappa shape index (κ3) is 2.38. The molecule has 0 aliphatic carbocycles. The molecule has 84 valence electrons. The lowest BCUT2D eigenvalue weighted by Gasteiger charge is -2.24. The fraction of sp³-hybridized carbons (Fsp3) is 0.727. The van der Waals surface area contributed by atoms with Crippen molar-refractivity contribution in [2.75, 3.05) is 13.1 Å². The van der Waals surface area contributed by atoms with Gasteiger partial charge in [0.25, 0.3) is 0 Å². The van der Waals surface area contributed by atoms with E-state index in [0.29, 0.717) is 6.04 Å². The van der Waals surface area contributed by atoms with Crippen LogP contribution in [-0.2, 0) is 7.05 Å². The van der Waals surface area contributed by atoms with Gasteiger partial charge in [0, 0.05) is 37.4 Å². The van der Waals surface area contributed by atoms with Crippen molar-refractivity contribution in [3.63, 3.8) is 0 Å². The second-order valence-electron chi connectivity index (χ2n) is 4.54. The molecule has 1 fully saturated rings. The summed E-state index contributed by atoms with van der Waals surface area (Å²) in [5.74, 6) is 0. The van der Waals surface area contributed by atoms with Crippen molar-refractivity contribution >= 4 is 0 Å². The number of likely N-dealkylation sites (tertiary alicyclic amines) is 1. The van der Waals surface area contributed by atoms with Crippen molar-refractivity contribution in [1.29, 1.82) is 0 Å². The fourth-order valence-electron chi connectivity index (χ4n) is 2.25. The van der Waals surface area contributed by atoms with Gasteiger partial charge < -0.3 is 5.73 Å². The van der Waals surface area contributed by atoms with E-state index in [1.54, 1.807) is 0 Å². The van der Waals surface area contributed by atoms with Gasteiger partial charge in [-0.1, -0.05) is 0 Å². The molecule has 4 heteroatoms. The van der Waals surface area contributed by atoms with Crippen LogP contribution >= 0.6 is 0 Å². The maximum atomic E-state index is 6.16. The molecule has 1 aliphatic rings. The van der Waals surface area contributed by atoms with E-state index in [-0.39, 0.29) is 6.04 Å². The number of hydrogen-bond donors (Lipinski definition) is 1. The molecule has 2 heterocycles. The molecule has 2 N–H and O–H groups in total. The summed E-state index contributed by atoms with van der Waals surface area (Å²) >= 11 is 0. The van der Waals surface area contributed by atoms with Crippen molar-refractivity contribution in [3.8, 4) is 0 Å². The second kappa shape index (κ2) is 4.33. The molecule has 2 unspecified atom stereocenters. The Bertz CT molecular complexity index is 320. The largest absolute Gasteiger partial charge is 0.323 e. The summed E-state index contributed by atoms with van der Waals surface area (Å²) in [6.45, 7) is 4.42. The molecule has 2 atom stereocenters. The first-order valence-corrected chi connectivity index (χ1v) is 5.65. The Morgan fingerprint density at radius 2 is 2.47 bits per heavy atom. The van der Waals surface area contributed by atoms with E-state index in [1.165, 1.54) is 19.4 Å². The van der Waals surface area contributed by atoms with Crippen molar-refractivity contribution in [2.45, 2.75) is 31.8 Å². The summed E-state index contributed by atoms with van der Waals surface area (Å²) in [6, 6.07) is 0.784. The van der Waals surface area contributed by atoms with Crippen molar-refractivity contribution in [1.82, 2.24) is 14.7 Å². The van der Waals surface area contributed by atoms with Crippen LogP contribution in [0.1, 0.15) is 31.4 Å². The van der Waals surface area contributed by atoms with Crippen molar-refractivity contribution in [3.05, 3.63) is 18.0 Å². The Hall–Kier alpha value is -0.870. The van der Waals surface area contributed by atoms with Gasteiger partial charge in [0.15, 0.2) is 0 Å². The van der Waals surface area contributed by atoms with Crippen LogP contribution in [0.5, 0.6) is 0 Å². The molecule has 1 aliphatic heterocycles. The molecule has 0 amide bonds. The first-order chi connectivity index (χ1) is 7.16. The van der Waals surface area contributed by atoms with E-state index in [9.17, 15) is 0 Å². The maximum absolute atomic E-state index is 6.16. The van der Waals surface area contributed by atoms with Crippen LogP contribution < -0.4 is 5.73 Å². The number of nitrogens with two attached hydrogens (primary N) is 1. The zero-order valence-electron chi connectivity index (χ0n) is 9.56. The SMILES string of the molecule is CC1CCCN1CC(N)c1cnn(C)c1. The summed E-state index contributed by atoms with van der Waals surface area (Å²) in [5.41, 5.74) is 7.29. The van der Waals surface area contributed by atoms with E-state index in [0.717, 1.165) is 12.1 Å². The lowest BCUT2D eigenvalue weighted by atomic mass is 10.1. The quantitative estimate of drug-likeness (QED) is 0.803. The van der Waals surface area contributed by atoms with E-state index >= 15 is 0 Å². The first kappa shape index (κ1) is 10.6. The molecule has 0 radical (unpaired) electrons. The highest BCUT2D eigenvalue weighted by Gasteiger charge is 2.22. The zero-order chi connectivity index (χ0) is 10.8. The molecule has 4 nitrogen and oxygen atoms in total. The highest BCUT2D eigenvalue weighted by atomic mass is 15.2. The average Bonchev–Trinajstić information content (AvgIpc) is 2.77. The van der Waals surface area contributed by atoms with Crippen molar-refractivity contribution in [2.24, 2.45) is 12.8 Å². The number of nitrogens with zero attached hydrogens (tertiary/aromatic N) is 3. The van der Waals surface area contributed by atoms with Crippen LogP contribution in [0.15, 0.2) is 12.4 Å². The zero-order valence-corrected chi connectivity index (χ0v) is 9.56. The van der Waals surface area contributed by atoms with Gasteiger partial charge in [-0.15, -0.1) is 0 Å². The molecule has 0 aromatic carbocycles. The molecule has 2 rings (SSSR count). The number of hydrogen-bond acceptors (Lipinski definition) is 3. The van der Waals surface area contributed by atoms with Crippen LogP contribution in [0.3, 0.4) is 0 Å². The lowest BCUT2D eigenvalue weighted by molar-refractivity contribution is 0.252. The third-order valence-corrected chi connectivity index (χ3v) is 3.27. The van der Waals surface area contributed by atoms with Crippen LogP contribution in [0.25, 0.3) is 0 Å². The van der Waals surface area contributed by atoms with Crippen LogP contribution in [0.4, 0.5) is 0 Å². The topological polar surface area (TPSA) is 47.1 Å². The van der Waals surface area contributed by atoms with Crippen LogP contribution in [0.2, 0.25) is 0 Å². The smallest absolute Gasteiger partial charge is 0.0537 e. The summed E-state index contributed by atoms with van der Waals surface area (Å²) in [6.07, 6.45) is 6.48. The molecule has 1 aromatic heterocycles. The molecular weight excluding hydrogens is 188 g/mol. The van der Waals surface area contributed by atoms with E-state index < -0.39 is 0 Å². The normalized spacial score (nSPS) is 24.6. The molecule has 15 heavy (non-hydrogen) atoms. The number of aryl methyl sites for hydroxylation is 1. The Balaban J connectivity index is 1.94. The predicted octanol–water partition coefficient (Wildman–Crippen LogP) is 0.904. The lowest BCUT2D eigenvalue weighted by Crippen LogP contribution is -2.34. The Kier molecular flexibility index (Phi) is 3.07. The van der Waals surface area contributed by atoms with Crippen LogP contribution in [0, 0.1) is 0 Å². The van der Waals surface area contributed by atoms with E-state index in [1.807, 2.05) is 24.1 Å². The van der Waals surface area contributed by atoms with Crippen LogP contribution in [-0.4, -0.2) is 33.8 Å². The van der Waals surface area contributed by atoms with Gasteiger partial charge in [-0.05, 0) is 26.3 Å². The monoisotopic (exact) mass is 208 g/mol. The van der Waals surface area contributed by atoms with Gasteiger partial charge in [0.1, 0.15) is 0 Å². The third-order valence-electron chi connectivity index (χ3n) is 3.27. The van der Waals surface area contributed by atoms with Gasteiger partial charge in [0.2, 0.25) is 0 Å². The highest BCUT2D eigenvalue weighted by Crippen LogP contribution is 2.19. The van der Waals surface area contributed by atoms with Gasteiger partial charge in [-0.3, -0.25) is 9.58 Å². The van der Waals surface area contributed by atoms with Gasteiger partial charge in [-0.25, -0.2) is 0 Å². The highest BCUT2D eigenvalue weighted by molar-refractivity contribution is 5.10. The second-order valence-corrected chi connectivity index (χ2v) is 4.54. The van der Waals surface area contributed by atoms with Gasteiger partial charge in [-0.2, -0.15) is 5.10 Å². The summed E-state index contributed by atoms with van der Waals surface area (Å²) in [7, 11) is 1.93. The minimum atomic E-state index is 0.0965. The average molecular weight is 208 g/mol. The van der Waals surface area contributed by atoms with Gasteiger partial charge in [0.05, 0.1) is 6.20 Å². The van der Waals surface area contributed by atoms with E-state index in [2.05, 4.69) is 16.9 Å². The summed E-state index contributed by atoms with van der Waals surface area (Å²) in [5, 5.41) is 4.15. The molecule has 0 bridgehead atoms. The van der Waals surface area contributed by atoms with E-state index in [4.69, 9.17) is 5.73 Å². The Morgan fingerprint density at radius 3 is 3.00 bits per heavy atom.